The van der Waals surface area contributed by atoms with Crippen LogP contribution >= 0.6 is 0 Å². The fraction of sp³-hybridized carbons (Fsp3) is 0.267. The van der Waals surface area contributed by atoms with Gasteiger partial charge in [-0.2, -0.15) is 5.10 Å². The zero-order valence-corrected chi connectivity index (χ0v) is 12.6. The highest BCUT2D eigenvalue weighted by molar-refractivity contribution is 5.99. The molecule has 0 spiro atoms. The molecule has 7 heteroatoms. The van der Waals surface area contributed by atoms with Crippen molar-refractivity contribution in [2.45, 2.75) is 26.8 Å². The van der Waals surface area contributed by atoms with Crippen LogP contribution in [0.4, 0.5) is 5.69 Å². The van der Waals surface area contributed by atoms with Gasteiger partial charge in [-0.1, -0.05) is 17.3 Å². The number of hydrogen-bond acceptors (Lipinski definition) is 5. The average molecular weight is 301 g/mol. The number of anilines is 1. The lowest BCUT2D eigenvalue weighted by molar-refractivity contribution is -0.144. The standard InChI is InChI=1S/C15H19N5O2/c1-10-6-8-18-20(10)9-7-14(21)22-19-15(17)12-4-3-5-13(16)11(12)2/h3-6,8H,7,9,16H2,1-2H3,(H2,17,19). The summed E-state index contributed by atoms with van der Waals surface area (Å²) in [7, 11) is 0. The molecular weight excluding hydrogens is 282 g/mol. The van der Waals surface area contributed by atoms with Gasteiger partial charge in [0.15, 0.2) is 5.84 Å². The molecule has 0 aliphatic rings. The van der Waals surface area contributed by atoms with Gasteiger partial charge in [-0.15, -0.1) is 0 Å². The summed E-state index contributed by atoms with van der Waals surface area (Å²) in [6, 6.07) is 7.17. The first-order valence-corrected chi connectivity index (χ1v) is 6.86. The van der Waals surface area contributed by atoms with Crippen LogP contribution in [0.15, 0.2) is 35.6 Å². The first kappa shape index (κ1) is 15.6. The fourth-order valence-electron chi connectivity index (χ4n) is 1.96. The van der Waals surface area contributed by atoms with Gasteiger partial charge in [-0.25, -0.2) is 4.79 Å². The van der Waals surface area contributed by atoms with E-state index in [0.29, 0.717) is 17.8 Å². The van der Waals surface area contributed by atoms with E-state index in [1.165, 1.54) is 0 Å². The zero-order chi connectivity index (χ0) is 16.1. The number of aryl methyl sites for hydroxylation is 2. The summed E-state index contributed by atoms with van der Waals surface area (Å²) < 4.78 is 1.72. The third-order valence-electron chi connectivity index (χ3n) is 3.35. The smallest absolute Gasteiger partial charge is 0.336 e. The second-order valence-corrected chi connectivity index (χ2v) is 4.91. The summed E-state index contributed by atoms with van der Waals surface area (Å²) in [5.74, 6) is -0.354. The molecule has 0 amide bonds. The minimum Gasteiger partial charge on any atom is -0.398 e. The molecule has 0 atom stereocenters. The number of rotatable bonds is 5. The number of benzene rings is 1. The first-order chi connectivity index (χ1) is 10.5. The largest absolute Gasteiger partial charge is 0.398 e. The third-order valence-corrected chi connectivity index (χ3v) is 3.35. The van der Waals surface area contributed by atoms with Crippen LogP contribution in [0.3, 0.4) is 0 Å². The molecule has 4 N–H and O–H groups in total. The van der Waals surface area contributed by atoms with Crippen molar-refractivity contribution in [2.24, 2.45) is 10.9 Å². The molecular formula is C15H19N5O2. The normalized spacial score (nSPS) is 11.5. The fourth-order valence-corrected chi connectivity index (χ4v) is 1.96. The molecule has 0 unspecified atom stereocenters. The van der Waals surface area contributed by atoms with Gasteiger partial charge in [0.25, 0.3) is 0 Å². The van der Waals surface area contributed by atoms with E-state index in [0.717, 1.165) is 11.3 Å². The van der Waals surface area contributed by atoms with Crippen LogP contribution in [-0.2, 0) is 16.2 Å². The van der Waals surface area contributed by atoms with Gasteiger partial charge in [0.2, 0.25) is 0 Å². The van der Waals surface area contributed by atoms with Crippen molar-refractivity contribution in [1.29, 1.82) is 0 Å². The Hall–Kier alpha value is -2.83. The van der Waals surface area contributed by atoms with Crippen molar-refractivity contribution >= 4 is 17.5 Å². The van der Waals surface area contributed by atoms with Gasteiger partial charge in [-0.3, -0.25) is 4.68 Å². The van der Waals surface area contributed by atoms with Gasteiger partial charge in [0.05, 0.1) is 13.0 Å². The van der Waals surface area contributed by atoms with E-state index in [2.05, 4.69) is 10.3 Å². The van der Waals surface area contributed by atoms with E-state index >= 15 is 0 Å². The number of nitrogens with two attached hydrogens (primary N) is 2. The quantitative estimate of drug-likeness (QED) is 0.285. The van der Waals surface area contributed by atoms with Gasteiger partial charge in [-0.05, 0) is 31.5 Å². The number of oxime groups is 1. The third kappa shape index (κ3) is 3.63. The van der Waals surface area contributed by atoms with Crippen LogP contribution in [-0.4, -0.2) is 21.6 Å². The summed E-state index contributed by atoms with van der Waals surface area (Å²) in [6.45, 7) is 4.18. The molecule has 0 saturated carbocycles. The van der Waals surface area contributed by atoms with Gasteiger partial charge < -0.3 is 16.3 Å². The van der Waals surface area contributed by atoms with E-state index in [-0.39, 0.29) is 12.3 Å². The van der Waals surface area contributed by atoms with Crippen LogP contribution in [0.5, 0.6) is 0 Å². The lowest BCUT2D eigenvalue weighted by Gasteiger charge is -2.07. The van der Waals surface area contributed by atoms with Crippen molar-refractivity contribution in [3.8, 4) is 0 Å². The summed E-state index contributed by atoms with van der Waals surface area (Å²) in [6.07, 6.45) is 1.84. The molecule has 116 valence electrons. The van der Waals surface area contributed by atoms with Crippen LogP contribution in [0, 0.1) is 13.8 Å². The number of aromatic nitrogens is 2. The molecule has 0 fully saturated rings. The minimum absolute atomic E-state index is 0.119. The lowest BCUT2D eigenvalue weighted by atomic mass is 10.1. The number of carbonyl (C=O) groups excluding carboxylic acids is 1. The molecule has 1 aromatic heterocycles. The Morgan fingerprint density at radius 2 is 2.14 bits per heavy atom. The molecule has 0 bridgehead atoms. The number of carbonyl (C=O) groups is 1. The van der Waals surface area contributed by atoms with Crippen LogP contribution in [0.1, 0.15) is 23.2 Å². The highest BCUT2D eigenvalue weighted by Gasteiger charge is 2.09. The van der Waals surface area contributed by atoms with Gasteiger partial charge in [0.1, 0.15) is 0 Å². The number of nitrogen functional groups attached to an aromatic ring is 1. The summed E-state index contributed by atoms with van der Waals surface area (Å²) in [4.78, 5) is 16.5. The Labute approximate surface area is 128 Å². The van der Waals surface area contributed by atoms with Crippen molar-refractivity contribution < 1.29 is 9.63 Å². The van der Waals surface area contributed by atoms with Crippen molar-refractivity contribution in [2.75, 3.05) is 5.73 Å². The molecule has 2 rings (SSSR count). The monoisotopic (exact) mass is 301 g/mol. The van der Waals surface area contributed by atoms with E-state index in [9.17, 15) is 4.79 Å². The molecule has 0 aliphatic heterocycles. The number of nitrogens with zero attached hydrogens (tertiary/aromatic N) is 3. The maximum absolute atomic E-state index is 11.7. The predicted octanol–water partition coefficient (Wildman–Crippen LogP) is 1.34. The SMILES string of the molecule is Cc1c(N)cccc1/C(N)=N/OC(=O)CCn1nccc1C. The Kier molecular flexibility index (Phi) is 4.77. The molecule has 0 aliphatic carbocycles. The highest BCUT2D eigenvalue weighted by atomic mass is 16.7. The Balaban J connectivity index is 1.94. The van der Waals surface area contributed by atoms with Gasteiger partial charge >= 0.3 is 5.97 Å². The Morgan fingerprint density at radius 3 is 2.82 bits per heavy atom. The number of hydrogen-bond donors (Lipinski definition) is 2. The van der Waals surface area contributed by atoms with Crippen LogP contribution in [0.25, 0.3) is 0 Å². The Morgan fingerprint density at radius 1 is 1.36 bits per heavy atom. The molecule has 2 aromatic rings. The van der Waals surface area contributed by atoms with E-state index < -0.39 is 5.97 Å². The van der Waals surface area contributed by atoms with Crippen LogP contribution in [0.2, 0.25) is 0 Å². The van der Waals surface area contributed by atoms with Crippen molar-refractivity contribution in [3.05, 3.63) is 47.3 Å². The predicted molar refractivity (Wildman–Crippen MR) is 84.0 cm³/mol. The second-order valence-electron chi connectivity index (χ2n) is 4.91. The van der Waals surface area contributed by atoms with E-state index in [4.69, 9.17) is 16.3 Å². The van der Waals surface area contributed by atoms with Crippen LogP contribution < -0.4 is 11.5 Å². The zero-order valence-electron chi connectivity index (χ0n) is 12.6. The summed E-state index contributed by atoms with van der Waals surface area (Å²) in [5.41, 5.74) is 14.7. The summed E-state index contributed by atoms with van der Waals surface area (Å²) in [5, 5.41) is 7.76. The minimum atomic E-state index is -0.473. The molecule has 0 saturated heterocycles. The number of amidine groups is 1. The lowest BCUT2D eigenvalue weighted by Crippen LogP contribution is -2.17. The molecule has 1 aromatic carbocycles. The topological polar surface area (TPSA) is 109 Å². The second kappa shape index (κ2) is 6.75. The first-order valence-electron chi connectivity index (χ1n) is 6.86. The van der Waals surface area contributed by atoms with Gasteiger partial charge in [0, 0.05) is 23.1 Å². The molecule has 0 radical (unpaired) electrons. The maximum Gasteiger partial charge on any atom is 0.336 e. The highest BCUT2D eigenvalue weighted by Crippen LogP contribution is 2.15. The van der Waals surface area contributed by atoms with E-state index in [1.807, 2.05) is 19.9 Å². The molecule has 7 nitrogen and oxygen atoms in total. The average Bonchev–Trinajstić information content (AvgIpc) is 2.90. The molecule has 22 heavy (non-hydrogen) atoms. The molecule has 1 heterocycles. The van der Waals surface area contributed by atoms with E-state index in [1.54, 1.807) is 29.1 Å². The maximum atomic E-state index is 11.7. The van der Waals surface area contributed by atoms with Crippen molar-refractivity contribution in [3.63, 3.8) is 0 Å². The summed E-state index contributed by atoms with van der Waals surface area (Å²) >= 11 is 0. The van der Waals surface area contributed by atoms with Crippen molar-refractivity contribution in [1.82, 2.24) is 9.78 Å². The Bertz CT molecular complexity index is 706.